The molecule has 0 saturated carbocycles. The maximum atomic E-state index is 12.3. The monoisotopic (exact) mass is 396 g/mol. The third kappa shape index (κ3) is 3.03. The molecule has 0 aliphatic rings. The zero-order valence-corrected chi connectivity index (χ0v) is 14.9. The molecule has 140 valence electrons. The van der Waals surface area contributed by atoms with Gasteiger partial charge in [-0.2, -0.15) is 0 Å². The molecule has 2 heterocycles. The van der Waals surface area contributed by atoms with Crippen molar-refractivity contribution in [3.8, 4) is 22.8 Å². The van der Waals surface area contributed by atoms with Gasteiger partial charge in [0.05, 0.1) is 11.1 Å². The van der Waals surface area contributed by atoms with E-state index in [1.54, 1.807) is 29.6 Å². The van der Waals surface area contributed by atoms with Gasteiger partial charge in [0.15, 0.2) is 5.13 Å². The smallest absolute Gasteiger partial charge is 0.349 e. The van der Waals surface area contributed by atoms with Crippen LogP contribution in [0.5, 0.6) is 11.5 Å². The van der Waals surface area contributed by atoms with E-state index in [1.807, 2.05) is 0 Å². The van der Waals surface area contributed by atoms with E-state index in [1.165, 1.54) is 29.5 Å². The van der Waals surface area contributed by atoms with Gasteiger partial charge in [-0.3, -0.25) is 0 Å². The number of phenols is 1. The standard InChI is InChI=1S/C19H12N2O6S/c22-13-7-9(5-6-10(13)17(24)25)20-19-21-12(8-28-19)15-16(23)11-3-1-2-4-14(11)27-18(15)26/h1-8,22-23H,(H,20,21)(H,24,25). The molecule has 8 nitrogen and oxygen atoms in total. The van der Waals surface area contributed by atoms with Crippen LogP contribution in [0.15, 0.2) is 57.1 Å². The van der Waals surface area contributed by atoms with Crippen molar-refractivity contribution in [2.75, 3.05) is 5.32 Å². The van der Waals surface area contributed by atoms with Crippen molar-refractivity contribution in [3.63, 3.8) is 0 Å². The SMILES string of the molecule is O=C(O)c1ccc(Nc2nc(-c3c(O)c4ccccc4oc3=O)cs2)cc1O. The van der Waals surface area contributed by atoms with Gasteiger partial charge in [0.25, 0.3) is 0 Å². The lowest BCUT2D eigenvalue weighted by molar-refractivity contribution is 0.0694. The average molecular weight is 396 g/mol. The summed E-state index contributed by atoms with van der Waals surface area (Å²) in [7, 11) is 0. The summed E-state index contributed by atoms with van der Waals surface area (Å²) in [5, 5.41) is 34.5. The molecule has 4 rings (SSSR count). The summed E-state index contributed by atoms with van der Waals surface area (Å²) in [6, 6.07) is 10.6. The summed E-state index contributed by atoms with van der Waals surface area (Å²) in [6.45, 7) is 0. The second-order valence-electron chi connectivity index (χ2n) is 5.81. The van der Waals surface area contributed by atoms with Crippen molar-refractivity contribution >= 4 is 39.1 Å². The predicted molar refractivity (Wildman–Crippen MR) is 104 cm³/mol. The van der Waals surface area contributed by atoms with E-state index < -0.39 is 11.6 Å². The lowest BCUT2D eigenvalue weighted by atomic mass is 10.1. The molecule has 4 N–H and O–H groups in total. The van der Waals surface area contributed by atoms with Gasteiger partial charge in [-0.05, 0) is 24.3 Å². The molecular weight excluding hydrogens is 384 g/mol. The van der Waals surface area contributed by atoms with Gasteiger partial charge in [-0.1, -0.05) is 12.1 Å². The van der Waals surface area contributed by atoms with Crippen LogP contribution >= 0.6 is 11.3 Å². The van der Waals surface area contributed by atoms with Crippen LogP contribution in [-0.4, -0.2) is 26.3 Å². The molecule has 0 amide bonds. The lowest BCUT2D eigenvalue weighted by Crippen LogP contribution is -2.04. The molecule has 0 radical (unpaired) electrons. The van der Waals surface area contributed by atoms with Gasteiger partial charge in [0, 0.05) is 17.1 Å². The number of hydrogen-bond donors (Lipinski definition) is 4. The van der Waals surface area contributed by atoms with Crippen LogP contribution in [0.3, 0.4) is 0 Å². The topological polar surface area (TPSA) is 133 Å². The van der Waals surface area contributed by atoms with Crippen molar-refractivity contribution in [1.82, 2.24) is 4.98 Å². The van der Waals surface area contributed by atoms with E-state index in [4.69, 9.17) is 9.52 Å². The maximum Gasteiger partial charge on any atom is 0.349 e. The predicted octanol–water partition coefficient (Wildman–Crippen LogP) is 3.77. The van der Waals surface area contributed by atoms with E-state index in [0.29, 0.717) is 16.2 Å². The number of aromatic hydroxyl groups is 2. The number of aromatic nitrogens is 1. The van der Waals surface area contributed by atoms with Gasteiger partial charge in [0.1, 0.15) is 28.2 Å². The van der Waals surface area contributed by atoms with E-state index in [9.17, 15) is 19.8 Å². The molecule has 2 aromatic heterocycles. The number of fused-ring (bicyclic) bond motifs is 1. The van der Waals surface area contributed by atoms with Crippen LogP contribution in [0, 0.1) is 0 Å². The number of carboxylic acid groups (broad SMARTS) is 1. The molecule has 0 atom stereocenters. The van der Waals surface area contributed by atoms with Crippen LogP contribution in [0.4, 0.5) is 10.8 Å². The number of nitrogens with one attached hydrogen (secondary N) is 1. The Kier molecular flexibility index (Phi) is 4.21. The summed E-state index contributed by atoms with van der Waals surface area (Å²) in [4.78, 5) is 27.5. The number of rotatable bonds is 4. The molecule has 2 aromatic carbocycles. The molecule has 0 aliphatic carbocycles. The van der Waals surface area contributed by atoms with Crippen LogP contribution in [0.2, 0.25) is 0 Å². The Hall–Kier alpha value is -3.85. The van der Waals surface area contributed by atoms with E-state index >= 15 is 0 Å². The number of para-hydroxylation sites is 1. The molecular formula is C19H12N2O6S. The summed E-state index contributed by atoms with van der Waals surface area (Å²) in [5.41, 5.74) is -0.0574. The Labute approximate surface area is 161 Å². The number of aromatic carboxylic acids is 1. The van der Waals surface area contributed by atoms with Crippen molar-refractivity contribution < 1.29 is 24.5 Å². The Morgan fingerprint density at radius 1 is 1.14 bits per heavy atom. The molecule has 9 heteroatoms. The van der Waals surface area contributed by atoms with Gasteiger partial charge >= 0.3 is 11.6 Å². The van der Waals surface area contributed by atoms with Gasteiger partial charge in [-0.15, -0.1) is 11.3 Å². The number of hydrogen-bond acceptors (Lipinski definition) is 8. The van der Waals surface area contributed by atoms with Crippen molar-refractivity contribution in [2.45, 2.75) is 0 Å². The van der Waals surface area contributed by atoms with Crippen molar-refractivity contribution in [1.29, 1.82) is 0 Å². The molecule has 0 unspecified atom stereocenters. The maximum absolute atomic E-state index is 12.3. The largest absolute Gasteiger partial charge is 0.507 e. The lowest BCUT2D eigenvalue weighted by Gasteiger charge is -2.05. The number of anilines is 2. The number of carbonyl (C=O) groups is 1. The molecule has 0 aliphatic heterocycles. The third-order valence-electron chi connectivity index (χ3n) is 4.03. The van der Waals surface area contributed by atoms with Crippen LogP contribution in [0.25, 0.3) is 22.2 Å². The first-order valence-corrected chi connectivity index (χ1v) is 8.86. The summed E-state index contributed by atoms with van der Waals surface area (Å²) in [5.74, 6) is -1.84. The fraction of sp³-hybridized carbons (Fsp3) is 0. The van der Waals surface area contributed by atoms with Crippen LogP contribution < -0.4 is 10.9 Å². The van der Waals surface area contributed by atoms with Crippen LogP contribution in [0.1, 0.15) is 10.4 Å². The second-order valence-corrected chi connectivity index (χ2v) is 6.67. The van der Waals surface area contributed by atoms with E-state index in [0.717, 1.165) is 0 Å². The van der Waals surface area contributed by atoms with Gasteiger partial charge in [-0.25, -0.2) is 14.6 Å². The summed E-state index contributed by atoms with van der Waals surface area (Å²) in [6.07, 6.45) is 0. The zero-order chi connectivity index (χ0) is 19.8. The fourth-order valence-electron chi connectivity index (χ4n) is 2.72. The van der Waals surface area contributed by atoms with Crippen LogP contribution in [-0.2, 0) is 0 Å². The molecule has 0 bridgehead atoms. The van der Waals surface area contributed by atoms with Crippen molar-refractivity contribution in [3.05, 3.63) is 63.8 Å². The summed E-state index contributed by atoms with van der Waals surface area (Å²) < 4.78 is 5.25. The Bertz CT molecular complexity index is 1280. The highest BCUT2D eigenvalue weighted by Crippen LogP contribution is 2.35. The highest BCUT2D eigenvalue weighted by molar-refractivity contribution is 7.14. The number of carboxylic acids is 1. The highest BCUT2D eigenvalue weighted by atomic mass is 32.1. The molecule has 4 aromatic rings. The Balaban J connectivity index is 1.69. The first-order valence-electron chi connectivity index (χ1n) is 7.98. The van der Waals surface area contributed by atoms with E-state index in [-0.39, 0.29) is 33.9 Å². The minimum absolute atomic E-state index is 0.0490. The zero-order valence-electron chi connectivity index (χ0n) is 14.0. The normalized spacial score (nSPS) is 10.9. The minimum atomic E-state index is -1.24. The van der Waals surface area contributed by atoms with Crippen molar-refractivity contribution in [2.24, 2.45) is 0 Å². The number of nitrogens with zero attached hydrogens (tertiary/aromatic N) is 1. The van der Waals surface area contributed by atoms with E-state index in [2.05, 4.69) is 10.3 Å². The van der Waals surface area contributed by atoms with Gasteiger partial charge in [0.2, 0.25) is 0 Å². The second kappa shape index (κ2) is 6.71. The first kappa shape index (κ1) is 17.6. The molecule has 0 saturated heterocycles. The Morgan fingerprint density at radius 2 is 1.93 bits per heavy atom. The summed E-state index contributed by atoms with van der Waals surface area (Å²) >= 11 is 1.17. The first-order chi connectivity index (χ1) is 13.4. The fourth-order valence-corrected chi connectivity index (χ4v) is 3.44. The Morgan fingerprint density at radius 3 is 2.68 bits per heavy atom. The minimum Gasteiger partial charge on any atom is -0.507 e. The number of benzene rings is 2. The molecule has 28 heavy (non-hydrogen) atoms. The third-order valence-corrected chi connectivity index (χ3v) is 4.78. The van der Waals surface area contributed by atoms with Gasteiger partial charge < -0.3 is 25.1 Å². The average Bonchev–Trinajstić information content (AvgIpc) is 3.09. The molecule has 0 fully saturated rings. The number of thiazole rings is 1. The molecule has 0 spiro atoms. The quantitative estimate of drug-likeness (QED) is 0.383. The highest BCUT2D eigenvalue weighted by Gasteiger charge is 2.18.